The zero-order valence-electron chi connectivity index (χ0n) is 22.3. The molecule has 2 unspecified atom stereocenters. The first-order valence-electron chi connectivity index (χ1n) is 12.7. The number of methoxy groups -OCH3 is 1. The van der Waals surface area contributed by atoms with E-state index in [4.69, 9.17) is 18.9 Å². The summed E-state index contributed by atoms with van der Waals surface area (Å²) >= 11 is 0. The van der Waals surface area contributed by atoms with Crippen LogP contribution < -0.4 is 4.74 Å². The van der Waals surface area contributed by atoms with Gasteiger partial charge in [-0.1, -0.05) is 12.1 Å². The van der Waals surface area contributed by atoms with Gasteiger partial charge in [0.2, 0.25) is 0 Å². The molecule has 0 aromatic heterocycles. The van der Waals surface area contributed by atoms with Gasteiger partial charge < -0.3 is 29.7 Å². The van der Waals surface area contributed by atoms with E-state index in [-0.39, 0.29) is 33.0 Å². The van der Waals surface area contributed by atoms with Gasteiger partial charge in [-0.25, -0.2) is 0 Å². The number of nitrogens with zero attached hydrogens (tertiary/aromatic N) is 4. The van der Waals surface area contributed by atoms with Crippen molar-refractivity contribution in [3.63, 3.8) is 0 Å². The number of aliphatic hydroxyl groups excluding tert-OH is 1. The summed E-state index contributed by atoms with van der Waals surface area (Å²) in [5, 5.41) is 29.4. The van der Waals surface area contributed by atoms with E-state index in [2.05, 4.69) is 0 Å². The van der Waals surface area contributed by atoms with Crippen LogP contribution in [-0.4, -0.2) is 150 Å². The number of hydrogen-bond acceptors (Lipinski definition) is 11. The molecule has 39 heavy (non-hydrogen) atoms. The minimum atomic E-state index is -3.14. The quantitative estimate of drug-likeness (QED) is 0.205. The predicted octanol–water partition coefficient (Wildman–Crippen LogP) is -0.680. The zero-order chi connectivity index (χ0) is 28.6. The highest BCUT2D eigenvalue weighted by atomic mass is 31.1. The summed E-state index contributed by atoms with van der Waals surface area (Å²) in [5.41, 5.74) is 0.939. The lowest BCUT2D eigenvalue weighted by Gasteiger charge is -2.33. The molecule has 2 rings (SSSR count). The average Bonchev–Trinajstić information content (AvgIpc) is 2.87. The van der Waals surface area contributed by atoms with Crippen LogP contribution in [0.25, 0.3) is 0 Å². The third kappa shape index (κ3) is 14.7. The highest BCUT2D eigenvalue weighted by molar-refractivity contribution is 7.32. The smallest absolute Gasteiger partial charge is 0.317 e. The van der Waals surface area contributed by atoms with Gasteiger partial charge in [0.05, 0.1) is 39.5 Å². The Hall–Kier alpha value is -2.13. The second kappa shape index (κ2) is 18.3. The van der Waals surface area contributed by atoms with Gasteiger partial charge in [0.1, 0.15) is 12.5 Å². The highest BCUT2D eigenvalue weighted by Gasteiger charge is 2.20. The number of aliphatic hydroxyl groups is 1. The minimum absolute atomic E-state index is 0.100. The summed E-state index contributed by atoms with van der Waals surface area (Å²) in [6.45, 7) is 3.37. The number of benzene rings is 1. The van der Waals surface area contributed by atoms with Gasteiger partial charge in [0.15, 0.2) is 0 Å². The lowest BCUT2D eigenvalue weighted by atomic mass is 10.2. The first-order chi connectivity index (χ1) is 18.6. The molecule has 0 amide bonds. The molecule has 1 aliphatic heterocycles. The van der Waals surface area contributed by atoms with Crippen LogP contribution in [0.5, 0.6) is 5.75 Å². The SMILES string of the molecule is COc1ccc(COCC(O)CN2CCN(CC(=O)O)CCN(CO[PH](=O)O)CCN(CC(=O)O)CC2)cc1. The minimum Gasteiger partial charge on any atom is -0.497 e. The summed E-state index contributed by atoms with van der Waals surface area (Å²) in [6.07, 6.45) is -0.800. The molecule has 0 spiro atoms. The van der Waals surface area contributed by atoms with Gasteiger partial charge in [0, 0.05) is 58.9 Å². The van der Waals surface area contributed by atoms with Crippen molar-refractivity contribution in [2.75, 3.05) is 92.4 Å². The summed E-state index contributed by atoms with van der Waals surface area (Å²) in [7, 11) is -1.55. The maximum atomic E-state index is 11.4. The molecule has 1 aromatic carbocycles. The van der Waals surface area contributed by atoms with Crippen molar-refractivity contribution in [3.05, 3.63) is 29.8 Å². The Bertz CT molecular complexity index is 862. The number of hydrogen-bond donors (Lipinski definition) is 4. The van der Waals surface area contributed by atoms with E-state index >= 15 is 0 Å². The van der Waals surface area contributed by atoms with E-state index < -0.39 is 26.3 Å². The number of carbonyl (C=O) groups is 2. The summed E-state index contributed by atoms with van der Waals surface area (Å²) in [4.78, 5) is 39.1. The fraction of sp³-hybridized carbons (Fsp3) is 0.667. The Labute approximate surface area is 229 Å². The van der Waals surface area contributed by atoms with E-state index in [0.29, 0.717) is 59.0 Å². The molecule has 14 nitrogen and oxygen atoms in total. The Morgan fingerprint density at radius 1 is 0.872 bits per heavy atom. The Balaban J connectivity index is 2.00. The zero-order valence-corrected chi connectivity index (χ0v) is 23.3. The van der Waals surface area contributed by atoms with E-state index in [1.165, 1.54) is 0 Å². The van der Waals surface area contributed by atoms with Gasteiger partial charge in [-0.3, -0.25) is 38.3 Å². The number of rotatable bonds is 14. The number of β-amino-alcohol motifs (C(OH)–C–C–N with tert-alkyl or cyclic N) is 1. The highest BCUT2D eigenvalue weighted by Crippen LogP contribution is 2.15. The number of aliphatic carboxylic acids is 2. The van der Waals surface area contributed by atoms with Crippen molar-refractivity contribution < 1.29 is 48.4 Å². The Kier molecular flexibility index (Phi) is 15.5. The largest absolute Gasteiger partial charge is 0.497 e. The molecular weight excluding hydrogens is 535 g/mol. The van der Waals surface area contributed by atoms with Gasteiger partial charge >= 0.3 is 20.2 Å². The predicted molar refractivity (Wildman–Crippen MR) is 142 cm³/mol. The van der Waals surface area contributed by atoms with Crippen LogP contribution in [0.15, 0.2) is 24.3 Å². The monoisotopic (exact) mass is 576 g/mol. The van der Waals surface area contributed by atoms with E-state index in [0.717, 1.165) is 11.3 Å². The maximum absolute atomic E-state index is 11.4. The van der Waals surface area contributed by atoms with E-state index in [1.54, 1.807) is 21.8 Å². The number of carboxylic acids is 2. The summed E-state index contributed by atoms with van der Waals surface area (Å²) in [6, 6.07) is 7.43. The van der Waals surface area contributed by atoms with Crippen LogP contribution in [0, 0.1) is 0 Å². The molecule has 0 bridgehead atoms. The molecule has 1 fully saturated rings. The van der Waals surface area contributed by atoms with Crippen LogP contribution in [0.2, 0.25) is 0 Å². The molecule has 2 atom stereocenters. The van der Waals surface area contributed by atoms with Crippen molar-refractivity contribution in [1.82, 2.24) is 19.6 Å². The van der Waals surface area contributed by atoms with Crippen LogP contribution in [-0.2, 0) is 30.0 Å². The molecule has 0 radical (unpaired) electrons. The molecule has 1 aromatic rings. The lowest BCUT2D eigenvalue weighted by Crippen LogP contribution is -2.49. The molecule has 222 valence electrons. The lowest BCUT2D eigenvalue weighted by molar-refractivity contribution is -0.139. The molecule has 1 aliphatic rings. The first kappa shape index (κ1) is 33.1. The van der Waals surface area contributed by atoms with E-state index in [1.807, 2.05) is 29.2 Å². The topological polar surface area (TPSA) is 173 Å². The van der Waals surface area contributed by atoms with Gasteiger partial charge in [0.25, 0.3) is 0 Å². The van der Waals surface area contributed by atoms with Crippen molar-refractivity contribution >= 4 is 20.2 Å². The molecule has 0 saturated carbocycles. The standard InChI is InChI=1S/C24H41N4O10P/c1-36-22-4-2-20(3-5-22)17-37-18-21(29)14-25-6-8-26(15-23(30)31)10-12-28(19-38-39(34)35)13-11-27(9-7-25)16-24(32)33/h2-5,21,29,39H,6-19H2,1H3,(H,30,31)(H,32,33)(H,34,35). The van der Waals surface area contributed by atoms with Gasteiger partial charge in [-0.15, -0.1) is 0 Å². The van der Waals surface area contributed by atoms with Crippen molar-refractivity contribution in [3.8, 4) is 5.75 Å². The molecule has 4 N–H and O–H groups in total. The van der Waals surface area contributed by atoms with Crippen LogP contribution >= 0.6 is 8.25 Å². The third-order valence-electron chi connectivity index (χ3n) is 6.23. The molecular formula is C24H41N4O10P. The fourth-order valence-corrected chi connectivity index (χ4v) is 4.41. The van der Waals surface area contributed by atoms with Crippen molar-refractivity contribution in [1.29, 1.82) is 0 Å². The second-order valence-corrected chi connectivity index (χ2v) is 10.1. The van der Waals surface area contributed by atoms with Crippen molar-refractivity contribution in [2.45, 2.75) is 12.7 Å². The summed E-state index contributed by atoms with van der Waals surface area (Å²) < 4.78 is 26.7. The summed E-state index contributed by atoms with van der Waals surface area (Å²) in [5.74, 6) is -1.21. The maximum Gasteiger partial charge on any atom is 0.317 e. The fourth-order valence-electron chi connectivity index (χ4n) is 4.12. The van der Waals surface area contributed by atoms with Crippen LogP contribution in [0.3, 0.4) is 0 Å². The van der Waals surface area contributed by atoms with Gasteiger partial charge in [-0.2, -0.15) is 0 Å². The van der Waals surface area contributed by atoms with E-state index in [9.17, 15) is 29.5 Å². The average molecular weight is 577 g/mol. The Morgan fingerprint density at radius 3 is 1.82 bits per heavy atom. The number of ether oxygens (including phenoxy) is 2. The normalized spacial score (nSPS) is 19.1. The van der Waals surface area contributed by atoms with Gasteiger partial charge in [-0.05, 0) is 17.7 Å². The number of carboxylic acid groups (broad SMARTS) is 2. The first-order valence-corrected chi connectivity index (χ1v) is 14.0. The molecule has 1 saturated heterocycles. The second-order valence-electron chi connectivity index (χ2n) is 9.31. The Morgan fingerprint density at radius 2 is 1.36 bits per heavy atom. The van der Waals surface area contributed by atoms with Crippen LogP contribution in [0.1, 0.15) is 5.56 Å². The molecule has 1 heterocycles. The van der Waals surface area contributed by atoms with Crippen LogP contribution in [0.4, 0.5) is 0 Å². The molecule has 0 aliphatic carbocycles. The third-order valence-corrected chi connectivity index (χ3v) is 6.60. The molecule has 15 heteroatoms. The van der Waals surface area contributed by atoms with Crippen molar-refractivity contribution in [2.24, 2.45) is 0 Å².